The zero-order valence-corrected chi connectivity index (χ0v) is 30.7. The van der Waals surface area contributed by atoms with Crippen molar-refractivity contribution in [2.24, 2.45) is 0 Å². The first-order valence-electron chi connectivity index (χ1n) is 16.3. The van der Waals surface area contributed by atoms with E-state index in [9.17, 15) is 10.1 Å². The van der Waals surface area contributed by atoms with E-state index in [1.165, 1.54) is 12.1 Å². The Balaban J connectivity index is 1.45. The molecule has 0 saturated carbocycles. The molecule has 2 aliphatic rings. The molecule has 0 spiro atoms. The van der Waals surface area contributed by atoms with Crippen LogP contribution < -0.4 is 10.5 Å². The van der Waals surface area contributed by atoms with Crippen molar-refractivity contribution in [3.63, 3.8) is 0 Å². The van der Waals surface area contributed by atoms with Crippen LogP contribution >= 0.6 is 0 Å². The molecule has 0 bridgehead atoms. The number of fused-ring (bicyclic) bond motifs is 2. The minimum atomic E-state index is -2.91. The molecule has 5 rings (SSSR count). The number of ether oxygens (including phenoxy) is 3. The summed E-state index contributed by atoms with van der Waals surface area (Å²) in [5.74, 6) is 0.251. The third-order valence-electron chi connectivity index (χ3n) is 9.35. The van der Waals surface area contributed by atoms with E-state index in [2.05, 4.69) is 70.3 Å². The van der Waals surface area contributed by atoms with Crippen LogP contribution in [0.15, 0.2) is 30.6 Å². The van der Waals surface area contributed by atoms with Crippen LogP contribution in [0.1, 0.15) is 67.2 Å². The Morgan fingerprint density at radius 2 is 1.66 bits per heavy atom. The number of hydrogen-bond acceptors (Lipinski definition) is 12. The van der Waals surface area contributed by atoms with Gasteiger partial charge in [0.25, 0.3) is 5.69 Å². The Morgan fingerprint density at radius 1 is 1.02 bits per heavy atom. The lowest BCUT2D eigenvalue weighted by molar-refractivity contribution is -0.384. The Kier molecular flexibility index (Phi) is 10.4. The van der Waals surface area contributed by atoms with Gasteiger partial charge in [0.05, 0.1) is 24.5 Å². The maximum Gasteiger partial charge on any atom is 0.335 e. The molecule has 2 aliphatic heterocycles. The van der Waals surface area contributed by atoms with Gasteiger partial charge in [0.1, 0.15) is 18.3 Å². The smallest absolute Gasteiger partial charge is 0.335 e. The number of nitro groups is 1. The summed E-state index contributed by atoms with van der Waals surface area (Å²) in [5.41, 5.74) is 8.65. The molecule has 0 unspecified atom stereocenters. The number of hydrogen-bond donors (Lipinski definition) is 1. The lowest BCUT2D eigenvalue weighted by Crippen LogP contribution is -2.65. The lowest BCUT2D eigenvalue weighted by atomic mass is 10.1. The SMILES string of the molecule is CC(C)[Si]1(C(C)C)OC[C@H]2O[C@@H](n3cnc4c(OCCc5ccc([N+](=O)[O-])cc5)nc(N)nc43)[C@H](O[13CH3])[C@@H]2O[Si](C(C)C)(C(C)C)O1. The van der Waals surface area contributed by atoms with Crippen molar-refractivity contribution in [1.29, 1.82) is 0 Å². The Morgan fingerprint density at radius 3 is 2.23 bits per heavy atom. The Labute approximate surface area is 277 Å². The number of aromatic nitrogens is 4. The summed E-state index contributed by atoms with van der Waals surface area (Å²) >= 11 is 0. The van der Waals surface area contributed by atoms with Crippen LogP contribution in [0.3, 0.4) is 0 Å². The van der Waals surface area contributed by atoms with E-state index in [1.807, 2.05) is 0 Å². The van der Waals surface area contributed by atoms with E-state index in [1.54, 1.807) is 30.1 Å². The first-order valence-corrected chi connectivity index (χ1v) is 20.2. The number of nitrogens with two attached hydrogens (primary N) is 1. The van der Waals surface area contributed by atoms with E-state index >= 15 is 0 Å². The normalized spacial score (nSPS) is 24.2. The van der Waals surface area contributed by atoms with Gasteiger partial charge in [-0.2, -0.15) is 9.97 Å². The molecule has 2 aromatic heterocycles. The summed E-state index contributed by atoms with van der Waals surface area (Å²) in [7, 11) is -4.01. The minimum absolute atomic E-state index is 0.0197. The van der Waals surface area contributed by atoms with Crippen molar-refractivity contribution in [1.82, 2.24) is 19.5 Å². The number of imidazole rings is 1. The van der Waals surface area contributed by atoms with Gasteiger partial charge in [0, 0.05) is 25.7 Å². The molecule has 16 heteroatoms. The molecule has 14 nitrogen and oxygen atoms in total. The summed E-state index contributed by atoms with van der Waals surface area (Å²) in [5, 5.41) is 11.0. The van der Waals surface area contributed by atoms with Crippen molar-refractivity contribution >= 4 is 39.9 Å². The average molecular weight is 690 g/mol. The van der Waals surface area contributed by atoms with Gasteiger partial charge < -0.3 is 32.9 Å². The van der Waals surface area contributed by atoms with Crippen molar-refractivity contribution in [2.75, 3.05) is 26.1 Å². The Hall–Kier alpha value is -3.00. The van der Waals surface area contributed by atoms with Gasteiger partial charge in [-0.1, -0.05) is 67.5 Å². The monoisotopic (exact) mass is 689 g/mol. The standard InChI is InChI=1S/C31H48N6O8Si2/c1-18(2)46(19(3)4)42-16-24-26(44-47(45-46,20(5)6)21(7)8)27(40-9)30(43-24)36-17-33-25-28(36)34-31(32)35-29(25)41-15-14-22-10-12-23(13-11-22)37(38)39/h10-13,17-21,24,26-27,30H,14-16H2,1-9H3,(H2,32,34,35)/t24-,26-,27-,30-/m1/s1/i9+1. The summed E-state index contributed by atoms with van der Waals surface area (Å²) < 4.78 is 42.2. The number of anilines is 1. The molecule has 0 aliphatic carbocycles. The van der Waals surface area contributed by atoms with Crippen LogP contribution in [0.4, 0.5) is 11.6 Å². The van der Waals surface area contributed by atoms with E-state index in [0.29, 0.717) is 24.2 Å². The second kappa shape index (κ2) is 13.9. The summed E-state index contributed by atoms with van der Waals surface area (Å²) in [6.45, 7) is 18.1. The molecule has 2 fully saturated rings. The quantitative estimate of drug-likeness (QED) is 0.111. The number of nitrogen functional groups attached to an aromatic ring is 1. The van der Waals surface area contributed by atoms with Crippen LogP contribution in [0.25, 0.3) is 11.2 Å². The molecule has 47 heavy (non-hydrogen) atoms. The van der Waals surface area contributed by atoms with Gasteiger partial charge in [-0.3, -0.25) is 14.7 Å². The number of benzene rings is 1. The number of nitrogens with zero attached hydrogens (tertiary/aromatic N) is 5. The maximum atomic E-state index is 11.0. The second-order valence-electron chi connectivity index (χ2n) is 13.6. The fraction of sp³-hybridized carbons (Fsp3) is 0.645. The lowest BCUT2D eigenvalue weighted by Gasteiger charge is -2.51. The van der Waals surface area contributed by atoms with Crippen molar-refractivity contribution in [3.05, 3.63) is 46.3 Å². The van der Waals surface area contributed by atoms with Gasteiger partial charge in [-0.15, -0.1) is 0 Å². The molecule has 0 amide bonds. The number of non-ortho nitro benzene ring substituents is 1. The molecular weight excluding hydrogens is 642 g/mol. The van der Waals surface area contributed by atoms with E-state index in [0.717, 1.165) is 5.56 Å². The molecule has 4 heterocycles. The van der Waals surface area contributed by atoms with Gasteiger partial charge in [0.15, 0.2) is 17.4 Å². The fourth-order valence-electron chi connectivity index (χ4n) is 6.84. The first-order chi connectivity index (χ1) is 22.2. The van der Waals surface area contributed by atoms with Crippen LogP contribution in [0.2, 0.25) is 22.2 Å². The largest absolute Gasteiger partial charge is 0.476 e. The maximum absolute atomic E-state index is 11.0. The number of methoxy groups -OCH3 is 1. The Bertz CT molecular complexity index is 1540. The topological polar surface area (TPSA) is 168 Å². The van der Waals surface area contributed by atoms with Crippen LogP contribution in [0.5, 0.6) is 5.88 Å². The fourth-order valence-corrected chi connectivity index (χ4v) is 18.0. The highest BCUT2D eigenvalue weighted by Gasteiger charge is 2.62. The summed E-state index contributed by atoms with van der Waals surface area (Å²) in [6.07, 6.45) is 0.0807. The van der Waals surface area contributed by atoms with Gasteiger partial charge >= 0.3 is 17.1 Å². The van der Waals surface area contributed by atoms with E-state index in [-0.39, 0.29) is 46.3 Å². The number of nitro benzene ring substituents is 1. The van der Waals surface area contributed by atoms with E-state index < -0.39 is 46.6 Å². The molecule has 2 saturated heterocycles. The molecule has 258 valence electrons. The predicted molar refractivity (Wildman–Crippen MR) is 181 cm³/mol. The molecule has 2 N–H and O–H groups in total. The zero-order chi connectivity index (χ0) is 34.3. The van der Waals surface area contributed by atoms with Gasteiger partial charge in [-0.05, 0) is 27.7 Å². The highest BCUT2D eigenvalue weighted by molar-refractivity contribution is 6.84. The molecule has 0 radical (unpaired) electrons. The highest BCUT2D eigenvalue weighted by Crippen LogP contribution is 2.49. The molecule has 4 atom stereocenters. The predicted octanol–water partition coefficient (Wildman–Crippen LogP) is 5.81. The highest BCUT2D eigenvalue weighted by atomic mass is 28.5. The zero-order valence-electron chi connectivity index (χ0n) is 28.7. The van der Waals surface area contributed by atoms with Crippen molar-refractivity contribution < 1.29 is 32.1 Å². The minimum Gasteiger partial charge on any atom is -0.476 e. The van der Waals surface area contributed by atoms with Crippen LogP contribution in [-0.4, -0.2) is 80.2 Å². The van der Waals surface area contributed by atoms with Gasteiger partial charge in [0.2, 0.25) is 11.8 Å². The van der Waals surface area contributed by atoms with Crippen LogP contribution in [0, 0.1) is 10.1 Å². The first kappa shape index (κ1) is 35.3. The number of rotatable bonds is 11. The van der Waals surface area contributed by atoms with Crippen molar-refractivity contribution in [2.45, 2.75) is 109 Å². The summed E-state index contributed by atoms with van der Waals surface area (Å²) in [6, 6.07) is 6.34. The van der Waals surface area contributed by atoms with Gasteiger partial charge in [-0.25, -0.2) is 4.98 Å². The second-order valence-corrected chi connectivity index (χ2v) is 22.4. The molecular formula is C31H48N6O8Si2. The third-order valence-corrected chi connectivity index (χ3v) is 19.6. The van der Waals surface area contributed by atoms with Crippen LogP contribution in [-0.2, 0) is 28.9 Å². The van der Waals surface area contributed by atoms with Crippen molar-refractivity contribution in [3.8, 4) is 5.88 Å². The summed E-state index contributed by atoms with van der Waals surface area (Å²) in [4.78, 5) is 24.0. The third kappa shape index (κ3) is 6.56. The van der Waals surface area contributed by atoms with E-state index in [4.69, 9.17) is 32.9 Å². The molecule has 1 aromatic carbocycles. The average Bonchev–Trinajstić information content (AvgIpc) is 3.57. The molecule has 3 aromatic rings.